The van der Waals surface area contributed by atoms with E-state index in [0.29, 0.717) is 6.54 Å². The van der Waals surface area contributed by atoms with Crippen LogP contribution in [0.1, 0.15) is 40.8 Å². The molecule has 0 radical (unpaired) electrons. The van der Waals surface area contributed by atoms with Gasteiger partial charge in [0.1, 0.15) is 5.82 Å². The molecule has 31 heavy (non-hydrogen) atoms. The van der Waals surface area contributed by atoms with E-state index in [1.165, 1.54) is 22.4 Å². The number of aromatic nitrogens is 4. The Balaban J connectivity index is 0.00000341. The van der Waals surface area contributed by atoms with Gasteiger partial charge in [0, 0.05) is 51.3 Å². The lowest BCUT2D eigenvalue weighted by Crippen LogP contribution is -2.42. The van der Waals surface area contributed by atoms with Crippen molar-refractivity contribution in [3.63, 3.8) is 0 Å². The number of nitrogens with one attached hydrogen (secondary N) is 2. The third-order valence-electron chi connectivity index (χ3n) is 5.50. The number of aliphatic imine (C=N–C) groups is 1. The molecule has 7 nitrogen and oxygen atoms in total. The fraction of sp³-hybridized carbons (Fsp3) is 0.435. The van der Waals surface area contributed by atoms with Crippen LogP contribution in [0.4, 0.5) is 0 Å². The molecule has 8 heteroatoms. The summed E-state index contributed by atoms with van der Waals surface area (Å²) in [5, 5.41) is 11.4. The van der Waals surface area contributed by atoms with E-state index in [9.17, 15) is 0 Å². The van der Waals surface area contributed by atoms with Gasteiger partial charge in [0.05, 0.1) is 5.69 Å². The lowest BCUT2D eigenvalue weighted by molar-refractivity contribution is 0.635. The Morgan fingerprint density at radius 2 is 1.94 bits per heavy atom. The molecular formula is C23H34IN7. The quantitative estimate of drug-likeness (QED) is 0.276. The first-order valence-electron chi connectivity index (χ1n) is 10.4. The van der Waals surface area contributed by atoms with Gasteiger partial charge in [-0.1, -0.05) is 24.3 Å². The fourth-order valence-corrected chi connectivity index (χ4v) is 3.69. The van der Waals surface area contributed by atoms with Crippen LogP contribution in [0.3, 0.4) is 0 Å². The van der Waals surface area contributed by atoms with Crippen LogP contribution in [0.15, 0.2) is 41.7 Å². The van der Waals surface area contributed by atoms with Gasteiger partial charge in [-0.2, -0.15) is 5.10 Å². The number of guanidine groups is 1. The normalized spacial score (nSPS) is 12.4. The fourth-order valence-electron chi connectivity index (χ4n) is 3.69. The van der Waals surface area contributed by atoms with Gasteiger partial charge in [0.2, 0.25) is 0 Å². The van der Waals surface area contributed by atoms with Gasteiger partial charge in [-0.05, 0) is 50.8 Å². The zero-order chi connectivity index (χ0) is 21.7. The topological polar surface area (TPSA) is 72.1 Å². The Hall–Kier alpha value is -2.36. The molecular weight excluding hydrogens is 501 g/mol. The van der Waals surface area contributed by atoms with Gasteiger partial charge in [-0.25, -0.2) is 4.98 Å². The van der Waals surface area contributed by atoms with Crippen LogP contribution in [-0.4, -0.2) is 38.4 Å². The lowest BCUT2D eigenvalue weighted by Gasteiger charge is -2.18. The molecule has 2 heterocycles. The number of benzene rings is 1. The number of rotatable bonds is 7. The number of halogens is 1. The maximum Gasteiger partial charge on any atom is 0.191 e. The highest BCUT2D eigenvalue weighted by atomic mass is 127. The largest absolute Gasteiger partial charge is 0.354 e. The van der Waals surface area contributed by atoms with E-state index < -0.39 is 0 Å². The summed E-state index contributed by atoms with van der Waals surface area (Å²) in [5.74, 6) is 1.83. The minimum absolute atomic E-state index is 0. The smallest absolute Gasteiger partial charge is 0.191 e. The van der Waals surface area contributed by atoms with Crippen molar-refractivity contribution in [1.82, 2.24) is 30.0 Å². The van der Waals surface area contributed by atoms with Crippen LogP contribution in [0.25, 0.3) is 0 Å². The standard InChI is InChI=1S/C23H33N7.HI/c1-16(12-22-17(2)28-29(6)18(22)3)27-23(24-5)26-14-20-8-7-9-21(13-20)15-30-11-10-25-19(30)4;/h7-11,13,16H,12,14-15H2,1-6H3,(H2,24,26,27);1H. The monoisotopic (exact) mass is 535 g/mol. The summed E-state index contributed by atoms with van der Waals surface area (Å²) in [6.07, 6.45) is 4.76. The van der Waals surface area contributed by atoms with E-state index in [2.05, 4.69) is 75.3 Å². The van der Waals surface area contributed by atoms with E-state index in [0.717, 1.165) is 30.4 Å². The predicted molar refractivity (Wildman–Crippen MR) is 137 cm³/mol. The van der Waals surface area contributed by atoms with Crippen LogP contribution >= 0.6 is 24.0 Å². The molecule has 2 N–H and O–H groups in total. The summed E-state index contributed by atoms with van der Waals surface area (Å²) in [5.41, 5.74) is 6.09. The highest BCUT2D eigenvalue weighted by Crippen LogP contribution is 2.14. The zero-order valence-corrected chi connectivity index (χ0v) is 21.6. The van der Waals surface area contributed by atoms with Crippen molar-refractivity contribution in [2.24, 2.45) is 12.0 Å². The molecule has 0 bridgehead atoms. The predicted octanol–water partition coefficient (Wildman–Crippen LogP) is 3.50. The Kier molecular flexibility index (Phi) is 9.09. The van der Waals surface area contributed by atoms with Crippen LogP contribution in [0.5, 0.6) is 0 Å². The second-order valence-electron chi connectivity index (χ2n) is 7.87. The molecule has 1 unspecified atom stereocenters. The molecule has 0 aliphatic rings. The van der Waals surface area contributed by atoms with Crippen LogP contribution in [0, 0.1) is 20.8 Å². The summed E-state index contributed by atoms with van der Waals surface area (Å²) in [4.78, 5) is 8.69. The Labute approximate surface area is 202 Å². The number of hydrogen-bond acceptors (Lipinski definition) is 3. The summed E-state index contributed by atoms with van der Waals surface area (Å²) in [7, 11) is 3.80. The van der Waals surface area contributed by atoms with Crippen LogP contribution < -0.4 is 10.6 Å². The summed E-state index contributed by atoms with van der Waals surface area (Å²) in [6.45, 7) is 9.93. The van der Waals surface area contributed by atoms with Crippen molar-refractivity contribution < 1.29 is 0 Å². The minimum Gasteiger partial charge on any atom is -0.354 e. The van der Waals surface area contributed by atoms with Crippen molar-refractivity contribution >= 4 is 29.9 Å². The molecule has 2 aromatic heterocycles. The molecule has 3 rings (SSSR count). The first kappa shape index (κ1) is 24.9. The van der Waals surface area contributed by atoms with Gasteiger partial charge in [0.15, 0.2) is 5.96 Å². The summed E-state index contributed by atoms with van der Waals surface area (Å²) < 4.78 is 4.10. The Morgan fingerprint density at radius 3 is 2.55 bits per heavy atom. The molecule has 1 aromatic carbocycles. The van der Waals surface area contributed by atoms with E-state index in [1.54, 1.807) is 7.05 Å². The first-order valence-corrected chi connectivity index (χ1v) is 10.4. The second kappa shape index (κ2) is 11.3. The number of aryl methyl sites for hydroxylation is 3. The Morgan fingerprint density at radius 1 is 1.19 bits per heavy atom. The molecule has 0 amide bonds. The van der Waals surface area contributed by atoms with Gasteiger partial charge in [-0.15, -0.1) is 24.0 Å². The van der Waals surface area contributed by atoms with Gasteiger partial charge < -0.3 is 15.2 Å². The van der Waals surface area contributed by atoms with E-state index in [-0.39, 0.29) is 30.0 Å². The van der Waals surface area contributed by atoms with E-state index >= 15 is 0 Å². The maximum atomic E-state index is 4.52. The molecule has 3 aromatic rings. The third-order valence-corrected chi connectivity index (χ3v) is 5.50. The molecule has 0 fully saturated rings. The van der Waals surface area contributed by atoms with Crippen molar-refractivity contribution in [1.29, 1.82) is 0 Å². The van der Waals surface area contributed by atoms with Crippen molar-refractivity contribution in [3.8, 4) is 0 Å². The van der Waals surface area contributed by atoms with E-state index in [1.807, 2.05) is 31.0 Å². The van der Waals surface area contributed by atoms with Gasteiger partial charge in [0.25, 0.3) is 0 Å². The highest BCUT2D eigenvalue weighted by Gasteiger charge is 2.14. The number of nitrogens with zero attached hydrogens (tertiary/aromatic N) is 5. The SMILES string of the molecule is CN=C(NCc1cccc(Cn2ccnc2C)c1)NC(C)Cc1c(C)nn(C)c1C.I. The summed E-state index contributed by atoms with van der Waals surface area (Å²) >= 11 is 0. The van der Waals surface area contributed by atoms with Crippen LogP contribution in [-0.2, 0) is 26.6 Å². The zero-order valence-electron chi connectivity index (χ0n) is 19.3. The summed E-state index contributed by atoms with van der Waals surface area (Å²) in [6, 6.07) is 8.86. The average molecular weight is 535 g/mol. The second-order valence-corrected chi connectivity index (χ2v) is 7.87. The van der Waals surface area contributed by atoms with Gasteiger partial charge in [-0.3, -0.25) is 9.67 Å². The molecule has 0 spiro atoms. The van der Waals surface area contributed by atoms with Crippen molar-refractivity contribution in [2.75, 3.05) is 7.05 Å². The van der Waals surface area contributed by atoms with Gasteiger partial charge >= 0.3 is 0 Å². The number of imidazole rings is 1. The van der Waals surface area contributed by atoms with Crippen molar-refractivity contribution in [3.05, 3.63) is 70.6 Å². The molecule has 1 atom stereocenters. The first-order chi connectivity index (χ1) is 14.4. The minimum atomic E-state index is 0. The third kappa shape index (κ3) is 6.56. The maximum absolute atomic E-state index is 4.52. The number of hydrogen-bond donors (Lipinski definition) is 2. The highest BCUT2D eigenvalue weighted by molar-refractivity contribution is 14.0. The van der Waals surface area contributed by atoms with Crippen molar-refractivity contribution in [2.45, 2.75) is 53.2 Å². The Bertz CT molecular complexity index is 1020. The van der Waals surface area contributed by atoms with E-state index in [4.69, 9.17) is 0 Å². The molecule has 0 aliphatic carbocycles. The lowest BCUT2D eigenvalue weighted by atomic mass is 10.1. The molecule has 0 saturated heterocycles. The molecule has 168 valence electrons. The van der Waals surface area contributed by atoms with Crippen LogP contribution in [0.2, 0.25) is 0 Å². The molecule has 0 aliphatic heterocycles. The molecule has 0 saturated carbocycles. The average Bonchev–Trinajstić information content (AvgIpc) is 3.22.